The molecule has 0 amide bonds. The van der Waals surface area contributed by atoms with E-state index in [1.54, 1.807) is 6.54 Å². The van der Waals surface area contributed by atoms with Crippen molar-refractivity contribution in [3.8, 4) is 0 Å². The van der Waals surface area contributed by atoms with Crippen molar-refractivity contribution in [3.05, 3.63) is 6.54 Å². The quantitative estimate of drug-likeness (QED) is 0.471. The highest BCUT2D eigenvalue weighted by Crippen LogP contribution is 2.27. The predicted octanol–water partition coefficient (Wildman–Crippen LogP) is 0.585. The first-order valence-corrected chi connectivity index (χ1v) is 3.52. The van der Waals surface area contributed by atoms with Gasteiger partial charge in [-0.25, -0.2) is 0 Å². The molecule has 0 N–H and O–H groups in total. The zero-order chi connectivity index (χ0) is 6.27. The van der Waals surface area contributed by atoms with Crippen molar-refractivity contribution in [2.75, 3.05) is 6.54 Å². The van der Waals surface area contributed by atoms with Crippen molar-refractivity contribution in [3.63, 3.8) is 0 Å². The number of hydrogen-bond acceptors (Lipinski definition) is 2. The van der Waals surface area contributed by atoms with Gasteiger partial charge in [0.1, 0.15) is 0 Å². The van der Waals surface area contributed by atoms with Crippen LogP contribution in [0.5, 0.6) is 0 Å². The van der Waals surface area contributed by atoms with Crippen LogP contribution >= 0.6 is 0 Å². The van der Waals surface area contributed by atoms with Gasteiger partial charge in [0.05, 0.1) is 12.6 Å². The fourth-order valence-corrected chi connectivity index (χ4v) is 1.58. The van der Waals surface area contributed by atoms with Crippen LogP contribution in [0.4, 0.5) is 0 Å². The Labute approximate surface area is 54.8 Å². The van der Waals surface area contributed by atoms with Crippen LogP contribution < -0.4 is 0 Å². The smallest absolute Gasteiger partial charge is 0.169 e. The summed E-state index contributed by atoms with van der Waals surface area (Å²) in [6.07, 6.45) is 3.59. The first-order chi connectivity index (χ1) is 4.38. The van der Waals surface area contributed by atoms with E-state index in [0.29, 0.717) is 11.8 Å². The van der Waals surface area contributed by atoms with Gasteiger partial charge in [-0.05, 0) is 19.4 Å². The lowest BCUT2D eigenvalue weighted by molar-refractivity contribution is -0.132. The summed E-state index contributed by atoms with van der Waals surface area (Å²) in [6, 6.07) is 0.291. The highest BCUT2D eigenvalue weighted by molar-refractivity contribution is 5.97. The average molecular weight is 124 g/mol. The van der Waals surface area contributed by atoms with Gasteiger partial charge in [-0.3, -0.25) is 9.69 Å². The summed E-state index contributed by atoms with van der Waals surface area (Å²) in [5.74, 6) is 0.342. The maximum absolute atomic E-state index is 10.8. The third kappa shape index (κ3) is 0.697. The number of piperidine rings is 1. The summed E-state index contributed by atoms with van der Waals surface area (Å²) in [5, 5.41) is 0. The van der Waals surface area contributed by atoms with Gasteiger partial charge in [-0.2, -0.15) is 0 Å². The second-order valence-electron chi connectivity index (χ2n) is 2.78. The third-order valence-corrected chi connectivity index (χ3v) is 2.17. The van der Waals surface area contributed by atoms with Crippen molar-refractivity contribution in [2.45, 2.75) is 25.3 Å². The Morgan fingerprint density at radius 3 is 3.00 bits per heavy atom. The number of ketones is 1. The summed E-state index contributed by atoms with van der Waals surface area (Å²) in [4.78, 5) is 12.9. The summed E-state index contributed by atoms with van der Waals surface area (Å²) in [6.45, 7) is 2.85. The van der Waals surface area contributed by atoms with Gasteiger partial charge in [-0.1, -0.05) is 6.42 Å². The van der Waals surface area contributed by atoms with Crippen molar-refractivity contribution in [1.82, 2.24) is 4.90 Å². The fraction of sp³-hybridized carbons (Fsp3) is 0.714. The summed E-state index contributed by atoms with van der Waals surface area (Å²) >= 11 is 0. The minimum absolute atomic E-state index is 0.291. The van der Waals surface area contributed by atoms with E-state index in [9.17, 15) is 4.79 Å². The van der Waals surface area contributed by atoms with Crippen LogP contribution in [0.3, 0.4) is 0 Å². The van der Waals surface area contributed by atoms with E-state index in [-0.39, 0.29) is 0 Å². The van der Waals surface area contributed by atoms with E-state index in [4.69, 9.17) is 0 Å². The Balaban J connectivity index is 2.01. The third-order valence-electron chi connectivity index (χ3n) is 2.17. The zero-order valence-electron chi connectivity index (χ0n) is 5.34. The molecule has 2 heteroatoms. The number of fused-ring (bicyclic) bond motifs is 1. The van der Waals surface area contributed by atoms with Gasteiger partial charge in [0.25, 0.3) is 0 Å². The Morgan fingerprint density at radius 2 is 2.44 bits per heavy atom. The monoisotopic (exact) mass is 124 g/mol. The molecule has 2 saturated heterocycles. The molecule has 0 aromatic carbocycles. The molecule has 1 atom stereocenters. The highest BCUT2D eigenvalue weighted by atomic mass is 16.1. The molecule has 2 aliphatic rings. The van der Waals surface area contributed by atoms with E-state index in [1.165, 1.54) is 12.8 Å². The van der Waals surface area contributed by atoms with Gasteiger partial charge < -0.3 is 0 Å². The van der Waals surface area contributed by atoms with E-state index >= 15 is 0 Å². The first-order valence-electron chi connectivity index (χ1n) is 3.52. The molecule has 2 heterocycles. The molecule has 0 aromatic rings. The van der Waals surface area contributed by atoms with Gasteiger partial charge in [0.15, 0.2) is 5.78 Å². The molecule has 0 spiro atoms. The maximum Gasteiger partial charge on any atom is 0.169 e. The molecule has 49 valence electrons. The molecule has 0 aliphatic carbocycles. The van der Waals surface area contributed by atoms with Crippen LogP contribution in [0, 0.1) is 6.54 Å². The first kappa shape index (κ1) is 5.42. The molecule has 0 saturated carbocycles. The molecule has 1 radical (unpaired) electrons. The number of Topliss-reactive ketones (excluding diaryl/α,β-unsaturated/α-hetero) is 1. The predicted molar refractivity (Wildman–Crippen MR) is 33.7 cm³/mol. The number of hydrogen-bond donors (Lipinski definition) is 0. The molecule has 9 heavy (non-hydrogen) atoms. The van der Waals surface area contributed by atoms with Crippen molar-refractivity contribution < 1.29 is 4.79 Å². The van der Waals surface area contributed by atoms with Gasteiger partial charge >= 0.3 is 0 Å². The minimum atomic E-state index is 0.291. The highest BCUT2D eigenvalue weighted by Gasteiger charge is 2.38. The van der Waals surface area contributed by atoms with Crippen LogP contribution in [0.15, 0.2) is 0 Å². The molecule has 0 aromatic heterocycles. The number of carbonyl (C=O) groups is 1. The van der Waals surface area contributed by atoms with Crippen LogP contribution in [0.1, 0.15) is 19.3 Å². The Morgan fingerprint density at radius 1 is 1.56 bits per heavy atom. The normalized spacial score (nSPS) is 35.6. The molecule has 0 bridgehead atoms. The average Bonchev–Trinajstić information content (AvgIpc) is 1.86. The van der Waals surface area contributed by atoms with Gasteiger partial charge in [0, 0.05) is 0 Å². The largest absolute Gasteiger partial charge is 0.296 e. The Kier molecular flexibility index (Phi) is 1.09. The van der Waals surface area contributed by atoms with Crippen LogP contribution in [0.25, 0.3) is 0 Å². The molecular formula is C7H10NO. The molecule has 2 fully saturated rings. The van der Waals surface area contributed by atoms with E-state index < -0.39 is 0 Å². The Hall–Kier alpha value is -0.370. The number of carbonyl (C=O) groups excluding carboxylic acids is 1. The summed E-state index contributed by atoms with van der Waals surface area (Å²) in [5.41, 5.74) is 0. The standard InChI is InChI=1S/C7H10NO/c9-7-5-8-4-2-1-3-6(7)8/h5-6H,1-4H2. The van der Waals surface area contributed by atoms with E-state index in [2.05, 4.69) is 4.90 Å². The second kappa shape index (κ2) is 1.81. The second-order valence-corrected chi connectivity index (χ2v) is 2.78. The molecule has 2 rings (SSSR count). The zero-order valence-corrected chi connectivity index (χ0v) is 5.34. The lowest BCUT2D eigenvalue weighted by Crippen LogP contribution is -2.54. The lowest BCUT2D eigenvalue weighted by atomic mass is 9.91. The molecule has 1 unspecified atom stereocenters. The number of rotatable bonds is 0. The van der Waals surface area contributed by atoms with Crippen LogP contribution in [-0.2, 0) is 4.79 Å². The Bertz CT molecular complexity index is 144. The maximum atomic E-state index is 10.8. The summed E-state index contributed by atoms with van der Waals surface area (Å²) in [7, 11) is 0. The van der Waals surface area contributed by atoms with E-state index in [0.717, 1.165) is 13.0 Å². The molecular weight excluding hydrogens is 114 g/mol. The topological polar surface area (TPSA) is 20.3 Å². The van der Waals surface area contributed by atoms with Gasteiger partial charge in [-0.15, -0.1) is 0 Å². The van der Waals surface area contributed by atoms with Crippen molar-refractivity contribution in [1.29, 1.82) is 0 Å². The van der Waals surface area contributed by atoms with Crippen LogP contribution in [-0.4, -0.2) is 23.3 Å². The van der Waals surface area contributed by atoms with Crippen molar-refractivity contribution in [2.24, 2.45) is 0 Å². The molecule has 2 nitrogen and oxygen atoms in total. The fourth-order valence-electron chi connectivity index (χ4n) is 1.58. The number of nitrogens with zero attached hydrogens (tertiary/aromatic N) is 1. The molecule has 2 aliphatic heterocycles. The van der Waals surface area contributed by atoms with Crippen molar-refractivity contribution >= 4 is 5.78 Å². The van der Waals surface area contributed by atoms with E-state index in [1.807, 2.05) is 0 Å². The summed E-state index contributed by atoms with van der Waals surface area (Å²) < 4.78 is 0. The van der Waals surface area contributed by atoms with Crippen LogP contribution in [0.2, 0.25) is 0 Å². The van der Waals surface area contributed by atoms with Gasteiger partial charge in [0.2, 0.25) is 0 Å². The lowest BCUT2D eigenvalue weighted by Gasteiger charge is -2.41. The minimum Gasteiger partial charge on any atom is -0.296 e. The SMILES string of the molecule is O=C1[CH]N2CCCCC12.